The minimum absolute atomic E-state index is 0.253. The highest BCUT2D eigenvalue weighted by Crippen LogP contribution is 2.35. The Kier molecular flexibility index (Phi) is 12.6. The topological polar surface area (TPSA) is 27.7 Å². The first-order valence-corrected chi connectivity index (χ1v) is 13.8. The van der Waals surface area contributed by atoms with Crippen LogP contribution in [0.25, 0.3) is 0 Å². The maximum absolute atomic E-state index is 14.5. The Hall–Kier alpha value is -1.13. The van der Waals surface area contributed by atoms with Crippen LogP contribution in [0.5, 0.6) is 5.75 Å². The Balaban J connectivity index is 1.33. The van der Waals surface area contributed by atoms with Crippen molar-refractivity contribution in [2.45, 2.75) is 116 Å². The lowest BCUT2D eigenvalue weighted by atomic mass is 9.99. The zero-order valence-electron chi connectivity index (χ0n) is 20.9. The smallest absolute Gasteiger partial charge is 0.187 e. The molecule has 3 rings (SSSR count). The van der Waals surface area contributed by atoms with Crippen LogP contribution in [0.15, 0.2) is 12.1 Å². The molecular formula is C29H46FO3. The highest BCUT2D eigenvalue weighted by atomic mass is 19.1. The van der Waals surface area contributed by atoms with Crippen LogP contribution in [0.2, 0.25) is 0 Å². The minimum Gasteiger partial charge on any atom is -0.490 e. The van der Waals surface area contributed by atoms with Crippen LogP contribution < -0.4 is 4.74 Å². The molecule has 3 nitrogen and oxygen atoms in total. The van der Waals surface area contributed by atoms with Crippen molar-refractivity contribution in [2.75, 3.05) is 19.8 Å². The molecular weight excluding hydrogens is 415 g/mol. The van der Waals surface area contributed by atoms with E-state index in [9.17, 15) is 4.39 Å². The first kappa shape index (κ1) is 26.5. The molecule has 0 amide bonds. The normalized spacial score (nSPS) is 21.5. The number of hydrogen-bond donors (Lipinski definition) is 0. The van der Waals surface area contributed by atoms with Crippen LogP contribution in [0.1, 0.15) is 122 Å². The second-order valence-electron chi connectivity index (χ2n) is 10.2. The Morgan fingerprint density at radius 2 is 1.52 bits per heavy atom. The van der Waals surface area contributed by atoms with E-state index in [0.717, 1.165) is 25.2 Å². The zero-order valence-corrected chi connectivity index (χ0v) is 20.9. The van der Waals surface area contributed by atoms with Gasteiger partial charge in [0, 0.05) is 12.0 Å². The van der Waals surface area contributed by atoms with Gasteiger partial charge in [-0.05, 0) is 24.8 Å². The summed E-state index contributed by atoms with van der Waals surface area (Å²) in [6.45, 7) is 4.11. The van der Waals surface area contributed by atoms with Gasteiger partial charge in [-0.2, -0.15) is 0 Å². The van der Waals surface area contributed by atoms with E-state index in [1.165, 1.54) is 83.5 Å². The summed E-state index contributed by atoms with van der Waals surface area (Å²) < 4.78 is 32.3. The molecule has 1 saturated heterocycles. The van der Waals surface area contributed by atoms with Crippen LogP contribution in [-0.2, 0) is 9.47 Å². The van der Waals surface area contributed by atoms with Gasteiger partial charge in [-0.1, -0.05) is 103 Å². The molecule has 1 aliphatic heterocycles. The summed E-state index contributed by atoms with van der Waals surface area (Å²) in [6, 6.07) is 6.04. The van der Waals surface area contributed by atoms with E-state index >= 15 is 0 Å². The van der Waals surface area contributed by atoms with E-state index in [4.69, 9.17) is 14.2 Å². The average molecular weight is 462 g/mol. The Bertz CT molecular complexity index is 636. The number of hydrogen-bond acceptors (Lipinski definition) is 3. The predicted octanol–water partition coefficient (Wildman–Crippen LogP) is 8.56. The van der Waals surface area contributed by atoms with Crippen LogP contribution in [0.3, 0.4) is 0 Å². The second kappa shape index (κ2) is 15.7. The van der Waals surface area contributed by atoms with Gasteiger partial charge in [0.05, 0.1) is 25.4 Å². The van der Waals surface area contributed by atoms with Crippen molar-refractivity contribution >= 4 is 0 Å². The van der Waals surface area contributed by atoms with Gasteiger partial charge in [-0.3, -0.25) is 0 Å². The maximum atomic E-state index is 14.5. The van der Waals surface area contributed by atoms with Crippen molar-refractivity contribution in [2.24, 2.45) is 11.8 Å². The molecule has 0 atom stereocenters. The SMILES string of the molecule is CCCCCCCCC1COC(c2cc[c]c(F)c2OCCCCCCC2CCCC2)OC1. The first-order valence-electron chi connectivity index (χ1n) is 13.8. The molecule has 0 bridgehead atoms. The molecule has 0 spiro atoms. The molecule has 1 saturated carbocycles. The number of unbranched alkanes of at least 4 members (excludes halogenated alkanes) is 8. The van der Waals surface area contributed by atoms with E-state index in [0.29, 0.717) is 31.3 Å². The fraction of sp³-hybridized carbons (Fsp3) is 0.793. The van der Waals surface area contributed by atoms with Gasteiger partial charge in [0.25, 0.3) is 0 Å². The molecule has 2 aliphatic rings. The van der Waals surface area contributed by atoms with Crippen molar-refractivity contribution in [1.82, 2.24) is 0 Å². The van der Waals surface area contributed by atoms with E-state index in [-0.39, 0.29) is 5.75 Å². The van der Waals surface area contributed by atoms with Crippen LogP contribution in [0.4, 0.5) is 4.39 Å². The van der Waals surface area contributed by atoms with Gasteiger partial charge in [0.2, 0.25) is 0 Å². The van der Waals surface area contributed by atoms with Gasteiger partial charge in [0.1, 0.15) is 0 Å². The second-order valence-corrected chi connectivity index (χ2v) is 10.2. The number of ether oxygens (including phenoxy) is 3. The molecule has 1 heterocycles. The summed E-state index contributed by atoms with van der Waals surface area (Å²) in [5, 5.41) is 0. The van der Waals surface area contributed by atoms with Gasteiger partial charge in [-0.15, -0.1) is 0 Å². The molecule has 0 aromatic heterocycles. The monoisotopic (exact) mass is 461 g/mol. The summed E-state index contributed by atoms with van der Waals surface area (Å²) in [4.78, 5) is 0. The lowest BCUT2D eigenvalue weighted by Gasteiger charge is -2.30. The van der Waals surface area contributed by atoms with Crippen molar-refractivity contribution in [3.05, 3.63) is 29.6 Å². The fourth-order valence-electron chi connectivity index (χ4n) is 5.27. The minimum atomic E-state index is -0.545. The third kappa shape index (κ3) is 9.56. The Morgan fingerprint density at radius 3 is 2.24 bits per heavy atom. The van der Waals surface area contributed by atoms with E-state index < -0.39 is 12.1 Å². The zero-order chi connectivity index (χ0) is 23.1. The summed E-state index contributed by atoms with van der Waals surface area (Å²) in [5.74, 6) is 1.21. The van der Waals surface area contributed by atoms with Crippen LogP contribution in [-0.4, -0.2) is 19.8 Å². The van der Waals surface area contributed by atoms with Crippen molar-refractivity contribution < 1.29 is 18.6 Å². The molecule has 2 fully saturated rings. The summed E-state index contributed by atoms with van der Waals surface area (Å²) in [7, 11) is 0. The van der Waals surface area contributed by atoms with Crippen molar-refractivity contribution in [3.63, 3.8) is 0 Å². The molecule has 1 aliphatic carbocycles. The molecule has 187 valence electrons. The molecule has 1 aromatic carbocycles. The number of halogens is 1. The standard InChI is InChI=1S/C29H46FO3/c1-2-3-4-5-6-10-18-25-22-32-29(33-23-25)26-19-14-20-27(30)28(26)31-21-13-8-7-9-15-24-16-11-12-17-24/h14,19,24-25,29H,2-13,15-18,21-23H2,1H3. The van der Waals surface area contributed by atoms with Gasteiger partial charge >= 0.3 is 0 Å². The number of rotatable bonds is 16. The predicted molar refractivity (Wildman–Crippen MR) is 132 cm³/mol. The Labute approximate surface area is 201 Å². The van der Waals surface area contributed by atoms with Crippen molar-refractivity contribution in [1.29, 1.82) is 0 Å². The number of benzene rings is 1. The molecule has 33 heavy (non-hydrogen) atoms. The molecule has 1 radical (unpaired) electrons. The molecule has 4 heteroatoms. The van der Waals surface area contributed by atoms with Crippen molar-refractivity contribution in [3.8, 4) is 5.75 Å². The fourth-order valence-corrected chi connectivity index (χ4v) is 5.27. The summed E-state index contributed by atoms with van der Waals surface area (Å²) >= 11 is 0. The van der Waals surface area contributed by atoms with Gasteiger partial charge in [0.15, 0.2) is 17.9 Å². The third-order valence-electron chi connectivity index (χ3n) is 7.35. The average Bonchev–Trinajstić information content (AvgIpc) is 3.35. The Morgan fingerprint density at radius 1 is 0.879 bits per heavy atom. The van der Waals surface area contributed by atoms with Gasteiger partial charge in [-0.25, -0.2) is 4.39 Å². The molecule has 0 N–H and O–H groups in total. The van der Waals surface area contributed by atoms with E-state index in [2.05, 4.69) is 13.0 Å². The molecule has 0 unspecified atom stereocenters. The highest BCUT2D eigenvalue weighted by Gasteiger charge is 2.27. The highest BCUT2D eigenvalue weighted by molar-refractivity contribution is 5.35. The quantitative estimate of drug-likeness (QED) is 0.231. The van der Waals surface area contributed by atoms with E-state index in [1.807, 2.05) is 6.07 Å². The van der Waals surface area contributed by atoms with Crippen LogP contribution >= 0.6 is 0 Å². The molecule has 1 aromatic rings. The first-order chi connectivity index (χ1) is 16.3. The maximum Gasteiger partial charge on any atom is 0.187 e. The lowest BCUT2D eigenvalue weighted by molar-refractivity contribution is -0.206. The van der Waals surface area contributed by atoms with E-state index in [1.54, 1.807) is 6.07 Å². The third-order valence-corrected chi connectivity index (χ3v) is 7.35. The summed E-state index contributed by atoms with van der Waals surface area (Å²) in [6.07, 6.45) is 20.1. The summed E-state index contributed by atoms with van der Waals surface area (Å²) in [5.41, 5.74) is 0.658. The lowest BCUT2D eigenvalue weighted by Crippen LogP contribution is -2.27. The van der Waals surface area contributed by atoms with Gasteiger partial charge < -0.3 is 14.2 Å². The van der Waals surface area contributed by atoms with Crippen LogP contribution in [0, 0.1) is 23.7 Å². The largest absolute Gasteiger partial charge is 0.490 e.